The molecule has 100 valence electrons. The fraction of sp³-hybridized carbons (Fsp3) is 0.643. The van der Waals surface area contributed by atoms with Crippen molar-refractivity contribution in [1.82, 2.24) is 10.3 Å². The zero-order valence-electron chi connectivity index (χ0n) is 10.9. The monoisotopic (exact) mass is 312 g/mol. The molecule has 1 fully saturated rings. The molecule has 2 rings (SSSR count). The van der Waals surface area contributed by atoms with Crippen molar-refractivity contribution >= 4 is 15.9 Å². The quantitative estimate of drug-likeness (QED) is 0.873. The van der Waals surface area contributed by atoms with E-state index < -0.39 is 0 Å². The molecule has 0 bridgehead atoms. The van der Waals surface area contributed by atoms with Crippen molar-refractivity contribution in [3.05, 3.63) is 28.5 Å². The second kappa shape index (κ2) is 7.22. The molecule has 1 N–H and O–H groups in total. The number of pyridine rings is 1. The third-order valence-electron chi connectivity index (χ3n) is 3.50. The second-order valence-electron chi connectivity index (χ2n) is 4.81. The minimum atomic E-state index is 0.347. The Labute approximate surface area is 117 Å². The van der Waals surface area contributed by atoms with Crippen molar-refractivity contribution in [3.63, 3.8) is 0 Å². The summed E-state index contributed by atoms with van der Waals surface area (Å²) in [6.45, 7) is 0.953. The Balaban J connectivity index is 1.79. The molecule has 1 saturated heterocycles. The summed E-state index contributed by atoms with van der Waals surface area (Å²) >= 11 is 3.41. The summed E-state index contributed by atoms with van der Waals surface area (Å²) in [5, 5.41) is 3.34. The first-order valence-electron chi connectivity index (χ1n) is 6.70. The first kappa shape index (κ1) is 14.0. The zero-order valence-corrected chi connectivity index (χ0v) is 12.4. The van der Waals surface area contributed by atoms with E-state index >= 15 is 0 Å². The van der Waals surface area contributed by atoms with Gasteiger partial charge < -0.3 is 10.1 Å². The largest absolute Gasteiger partial charge is 0.378 e. The van der Waals surface area contributed by atoms with Crippen LogP contribution in [-0.2, 0) is 4.74 Å². The van der Waals surface area contributed by atoms with E-state index in [1.165, 1.54) is 25.7 Å². The Bertz CT molecular complexity index is 349. The van der Waals surface area contributed by atoms with Crippen molar-refractivity contribution in [2.24, 2.45) is 0 Å². The summed E-state index contributed by atoms with van der Waals surface area (Å²) < 4.78 is 6.68. The van der Waals surface area contributed by atoms with Gasteiger partial charge in [-0.05, 0) is 67.2 Å². The van der Waals surface area contributed by atoms with Gasteiger partial charge in [-0.2, -0.15) is 0 Å². The van der Waals surface area contributed by atoms with Crippen LogP contribution in [0.2, 0.25) is 0 Å². The molecule has 18 heavy (non-hydrogen) atoms. The standard InChI is InChI=1S/C14H21BrN2O/c1-16-13(14-8-7-11(15)10-17-14)6-2-4-12-5-3-9-18-12/h7-8,10,12-13,16H,2-6,9H2,1H3. The van der Waals surface area contributed by atoms with Crippen LogP contribution in [0.1, 0.15) is 43.8 Å². The maximum absolute atomic E-state index is 5.65. The van der Waals surface area contributed by atoms with Gasteiger partial charge in [-0.1, -0.05) is 0 Å². The van der Waals surface area contributed by atoms with Gasteiger partial charge in [0.05, 0.1) is 11.8 Å². The predicted octanol–water partition coefficient (Wildman–Crippen LogP) is 3.45. The average Bonchev–Trinajstić information content (AvgIpc) is 2.89. The molecule has 2 unspecified atom stereocenters. The summed E-state index contributed by atoms with van der Waals surface area (Å²) in [5.41, 5.74) is 1.12. The van der Waals surface area contributed by atoms with Crippen molar-refractivity contribution in [1.29, 1.82) is 0 Å². The summed E-state index contributed by atoms with van der Waals surface area (Å²) in [6, 6.07) is 4.48. The van der Waals surface area contributed by atoms with Crippen LogP contribution in [0.3, 0.4) is 0 Å². The Morgan fingerprint density at radius 2 is 2.44 bits per heavy atom. The lowest BCUT2D eigenvalue weighted by Gasteiger charge is -2.16. The fourth-order valence-corrected chi connectivity index (χ4v) is 2.69. The normalized spacial score (nSPS) is 21.1. The molecular weight excluding hydrogens is 292 g/mol. The Morgan fingerprint density at radius 1 is 1.56 bits per heavy atom. The highest BCUT2D eigenvalue weighted by Crippen LogP contribution is 2.22. The van der Waals surface area contributed by atoms with E-state index in [4.69, 9.17) is 4.74 Å². The van der Waals surface area contributed by atoms with Crippen LogP contribution in [0.5, 0.6) is 0 Å². The Hall–Kier alpha value is -0.450. The van der Waals surface area contributed by atoms with Crippen LogP contribution in [-0.4, -0.2) is 24.7 Å². The first-order valence-corrected chi connectivity index (χ1v) is 7.49. The summed E-state index contributed by atoms with van der Waals surface area (Å²) in [4.78, 5) is 4.46. The van der Waals surface area contributed by atoms with Crippen LogP contribution in [0.15, 0.2) is 22.8 Å². The Kier molecular flexibility index (Phi) is 5.60. The lowest BCUT2D eigenvalue weighted by molar-refractivity contribution is 0.101. The van der Waals surface area contributed by atoms with Gasteiger partial charge in [-0.25, -0.2) is 0 Å². The molecule has 1 aromatic heterocycles. The lowest BCUT2D eigenvalue weighted by atomic mass is 10.0. The molecule has 1 aliphatic heterocycles. The van der Waals surface area contributed by atoms with Gasteiger partial charge in [-0.15, -0.1) is 0 Å². The third-order valence-corrected chi connectivity index (χ3v) is 3.97. The SMILES string of the molecule is CNC(CCCC1CCCO1)c1ccc(Br)cn1. The van der Waals surface area contributed by atoms with Gasteiger partial charge >= 0.3 is 0 Å². The van der Waals surface area contributed by atoms with E-state index in [2.05, 4.69) is 32.3 Å². The molecule has 3 nitrogen and oxygen atoms in total. The highest BCUT2D eigenvalue weighted by atomic mass is 79.9. The number of rotatable bonds is 6. The minimum absolute atomic E-state index is 0.347. The molecule has 0 aromatic carbocycles. The van der Waals surface area contributed by atoms with E-state index in [1.54, 1.807) is 0 Å². The number of ether oxygens (including phenoxy) is 1. The Morgan fingerprint density at radius 3 is 3.06 bits per heavy atom. The molecule has 0 spiro atoms. The van der Waals surface area contributed by atoms with E-state index in [1.807, 2.05) is 19.3 Å². The molecule has 1 aliphatic rings. The number of halogens is 1. The highest BCUT2D eigenvalue weighted by Gasteiger charge is 2.16. The average molecular weight is 313 g/mol. The molecule has 1 aromatic rings. The van der Waals surface area contributed by atoms with E-state index in [0.717, 1.165) is 23.2 Å². The summed E-state index contributed by atoms with van der Waals surface area (Å²) in [6.07, 6.45) is 8.31. The van der Waals surface area contributed by atoms with Gasteiger partial charge in [0, 0.05) is 23.3 Å². The molecular formula is C14H21BrN2O. The first-order chi connectivity index (χ1) is 8.79. The number of hydrogen-bond acceptors (Lipinski definition) is 3. The van der Waals surface area contributed by atoms with Gasteiger partial charge in [0.25, 0.3) is 0 Å². The third kappa shape index (κ3) is 4.04. The molecule has 0 amide bonds. The van der Waals surface area contributed by atoms with Crippen LogP contribution >= 0.6 is 15.9 Å². The number of nitrogens with zero attached hydrogens (tertiary/aromatic N) is 1. The van der Waals surface area contributed by atoms with Crippen LogP contribution in [0.25, 0.3) is 0 Å². The second-order valence-corrected chi connectivity index (χ2v) is 5.72. The van der Waals surface area contributed by atoms with Crippen LogP contribution in [0, 0.1) is 0 Å². The topological polar surface area (TPSA) is 34.1 Å². The smallest absolute Gasteiger partial charge is 0.0576 e. The van der Waals surface area contributed by atoms with E-state index in [9.17, 15) is 0 Å². The van der Waals surface area contributed by atoms with E-state index in [0.29, 0.717) is 12.1 Å². The van der Waals surface area contributed by atoms with Crippen molar-refractivity contribution in [2.45, 2.75) is 44.2 Å². The van der Waals surface area contributed by atoms with Crippen LogP contribution < -0.4 is 5.32 Å². The fourth-order valence-electron chi connectivity index (χ4n) is 2.46. The van der Waals surface area contributed by atoms with Crippen molar-refractivity contribution in [2.75, 3.05) is 13.7 Å². The predicted molar refractivity (Wildman–Crippen MR) is 76.6 cm³/mol. The molecule has 0 aliphatic carbocycles. The molecule has 2 heterocycles. The summed E-state index contributed by atoms with van der Waals surface area (Å²) in [5.74, 6) is 0. The minimum Gasteiger partial charge on any atom is -0.378 e. The van der Waals surface area contributed by atoms with Crippen molar-refractivity contribution in [3.8, 4) is 0 Å². The number of nitrogens with one attached hydrogen (secondary N) is 1. The molecule has 4 heteroatoms. The molecule has 2 atom stereocenters. The van der Waals surface area contributed by atoms with E-state index in [-0.39, 0.29) is 0 Å². The van der Waals surface area contributed by atoms with Gasteiger partial charge in [0.2, 0.25) is 0 Å². The molecule has 0 radical (unpaired) electrons. The lowest BCUT2D eigenvalue weighted by Crippen LogP contribution is -2.18. The molecule has 0 saturated carbocycles. The van der Waals surface area contributed by atoms with Gasteiger partial charge in [-0.3, -0.25) is 4.98 Å². The summed E-state index contributed by atoms with van der Waals surface area (Å²) in [7, 11) is 2.00. The van der Waals surface area contributed by atoms with Gasteiger partial charge in [0.15, 0.2) is 0 Å². The number of aromatic nitrogens is 1. The maximum Gasteiger partial charge on any atom is 0.0576 e. The highest BCUT2D eigenvalue weighted by molar-refractivity contribution is 9.10. The van der Waals surface area contributed by atoms with Crippen LogP contribution in [0.4, 0.5) is 0 Å². The zero-order chi connectivity index (χ0) is 12.8. The number of hydrogen-bond donors (Lipinski definition) is 1. The van der Waals surface area contributed by atoms with Gasteiger partial charge in [0.1, 0.15) is 0 Å². The van der Waals surface area contributed by atoms with Crippen molar-refractivity contribution < 1.29 is 4.74 Å². The maximum atomic E-state index is 5.65.